The SMILES string of the molecule is Cc1cc(C)c(C(=O)NCCN2CCNCC2)o1.Cl. The predicted molar refractivity (Wildman–Crippen MR) is 77.1 cm³/mol. The van der Waals surface area contributed by atoms with E-state index in [0.29, 0.717) is 12.3 Å². The minimum Gasteiger partial charge on any atom is -0.456 e. The van der Waals surface area contributed by atoms with Gasteiger partial charge in [-0.15, -0.1) is 12.4 Å². The summed E-state index contributed by atoms with van der Waals surface area (Å²) in [4.78, 5) is 14.2. The molecule has 0 radical (unpaired) electrons. The van der Waals surface area contributed by atoms with E-state index in [9.17, 15) is 4.79 Å². The van der Waals surface area contributed by atoms with Crippen LogP contribution in [0.5, 0.6) is 0 Å². The van der Waals surface area contributed by atoms with Gasteiger partial charge in [0, 0.05) is 44.8 Å². The van der Waals surface area contributed by atoms with Crippen molar-refractivity contribution in [3.8, 4) is 0 Å². The van der Waals surface area contributed by atoms with Crippen LogP contribution in [0.25, 0.3) is 0 Å². The quantitative estimate of drug-likeness (QED) is 0.866. The van der Waals surface area contributed by atoms with Crippen LogP contribution in [-0.4, -0.2) is 50.1 Å². The van der Waals surface area contributed by atoms with Gasteiger partial charge in [-0.3, -0.25) is 9.69 Å². The van der Waals surface area contributed by atoms with Crippen molar-refractivity contribution in [1.82, 2.24) is 15.5 Å². The van der Waals surface area contributed by atoms with Crippen LogP contribution in [0, 0.1) is 13.8 Å². The molecule has 0 saturated carbocycles. The van der Waals surface area contributed by atoms with Crippen LogP contribution in [0.3, 0.4) is 0 Å². The number of nitrogens with zero attached hydrogens (tertiary/aromatic N) is 1. The summed E-state index contributed by atoms with van der Waals surface area (Å²) in [6.45, 7) is 9.47. The van der Waals surface area contributed by atoms with Gasteiger partial charge in [-0.05, 0) is 19.9 Å². The molecule has 0 aliphatic carbocycles. The highest BCUT2D eigenvalue weighted by Gasteiger charge is 2.14. The number of hydrogen-bond acceptors (Lipinski definition) is 4. The monoisotopic (exact) mass is 287 g/mol. The molecule has 19 heavy (non-hydrogen) atoms. The highest BCUT2D eigenvalue weighted by molar-refractivity contribution is 5.92. The van der Waals surface area contributed by atoms with Crippen molar-refractivity contribution in [3.63, 3.8) is 0 Å². The zero-order chi connectivity index (χ0) is 13.0. The third-order valence-electron chi connectivity index (χ3n) is 3.17. The standard InChI is InChI=1S/C13H21N3O2.ClH/c1-10-9-11(2)18-12(10)13(17)15-5-8-16-6-3-14-4-7-16;/h9,14H,3-8H2,1-2H3,(H,15,17);1H. The maximum absolute atomic E-state index is 11.9. The summed E-state index contributed by atoms with van der Waals surface area (Å²) in [5.41, 5.74) is 0.896. The number of rotatable bonds is 4. The van der Waals surface area contributed by atoms with Gasteiger partial charge in [0.2, 0.25) is 0 Å². The molecular weight excluding hydrogens is 266 g/mol. The molecule has 1 aliphatic heterocycles. The first-order valence-electron chi connectivity index (χ1n) is 6.45. The number of aryl methyl sites for hydroxylation is 2. The van der Waals surface area contributed by atoms with Crippen LogP contribution < -0.4 is 10.6 Å². The smallest absolute Gasteiger partial charge is 0.287 e. The van der Waals surface area contributed by atoms with E-state index in [4.69, 9.17) is 4.42 Å². The number of hydrogen-bond donors (Lipinski definition) is 2. The molecule has 1 aromatic heterocycles. The van der Waals surface area contributed by atoms with E-state index in [2.05, 4.69) is 15.5 Å². The van der Waals surface area contributed by atoms with Gasteiger partial charge in [0.25, 0.3) is 5.91 Å². The highest BCUT2D eigenvalue weighted by atomic mass is 35.5. The molecule has 2 rings (SSSR count). The van der Waals surface area contributed by atoms with Gasteiger partial charge in [0.15, 0.2) is 5.76 Å². The fourth-order valence-corrected chi connectivity index (χ4v) is 2.21. The minimum atomic E-state index is -0.115. The Kier molecular flexibility index (Phi) is 6.34. The van der Waals surface area contributed by atoms with E-state index in [1.165, 1.54) is 0 Å². The van der Waals surface area contributed by atoms with Gasteiger partial charge in [0.05, 0.1) is 0 Å². The van der Waals surface area contributed by atoms with E-state index < -0.39 is 0 Å². The number of amides is 1. The number of carbonyl (C=O) groups excluding carboxylic acids is 1. The second kappa shape index (κ2) is 7.53. The molecule has 0 spiro atoms. The lowest BCUT2D eigenvalue weighted by molar-refractivity contribution is 0.0917. The molecule has 0 unspecified atom stereocenters. The van der Waals surface area contributed by atoms with Crippen LogP contribution in [0.1, 0.15) is 21.9 Å². The van der Waals surface area contributed by atoms with Crippen molar-refractivity contribution in [2.24, 2.45) is 0 Å². The summed E-state index contributed by atoms with van der Waals surface area (Å²) < 4.78 is 5.38. The molecule has 5 nitrogen and oxygen atoms in total. The molecular formula is C13H22ClN3O2. The number of furan rings is 1. The Hall–Kier alpha value is -1.04. The summed E-state index contributed by atoms with van der Waals surface area (Å²) >= 11 is 0. The van der Waals surface area contributed by atoms with Crippen molar-refractivity contribution in [1.29, 1.82) is 0 Å². The minimum absolute atomic E-state index is 0. The lowest BCUT2D eigenvalue weighted by atomic mass is 10.2. The summed E-state index contributed by atoms with van der Waals surface area (Å²) in [6.07, 6.45) is 0. The Bertz CT molecular complexity index is 414. The molecule has 2 N–H and O–H groups in total. The molecule has 1 amide bonds. The Morgan fingerprint density at radius 1 is 1.42 bits per heavy atom. The molecule has 0 bridgehead atoms. The van der Waals surface area contributed by atoms with E-state index >= 15 is 0 Å². The van der Waals surface area contributed by atoms with Gasteiger partial charge in [-0.1, -0.05) is 0 Å². The average molecular weight is 288 g/mol. The Labute approximate surface area is 120 Å². The second-order valence-electron chi connectivity index (χ2n) is 4.72. The molecule has 1 saturated heterocycles. The number of piperazine rings is 1. The molecule has 2 heterocycles. The lowest BCUT2D eigenvalue weighted by Crippen LogP contribution is -2.46. The van der Waals surface area contributed by atoms with Crippen LogP contribution in [0.2, 0.25) is 0 Å². The van der Waals surface area contributed by atoms with Crippen LogP contribution >= 0.6 is 12.4 Å². The maximum Gasteiger partial charge on any atom is 0.287 e. The molecule has 1 aromatic rings. The summed E-state index contributed by atoms with van der Waals surface area (Å²) in [6, 6.07) is 1.88. The Balaban J connectivity index is 0.00000180. The highest BCUT2D eigenvalue weighted by Crippen LogP contribution is 2.13. The van der Waals surface area contributed by atoms with Gasteiger partial charge in [-0.25, -0.2) is 0 Å². The van der Waals surface area contributed by atoms with E-state index in [-0.39, 0.29) is 18.3 Å². The van der Waals surface area contributed by atoms with Gasteiger partial charge in [-0.2, -0.15) is 0 Å². The second-order valence-corrected chi connectivity index (χ2v) is 4.72. The van der Waals surface area contributed by atoms with Gasteiger partial charge in [0.1, 0.15) is 5.76 Å². The fraction of sp³-hybridized carbons (Fsp3) is 0.615. The van der Waals surface area contributed by atoms with Gasteiger partial charge >= 0.3 is 0 Å². The van der Waals surface area contributed by atoms with Gasteiger partial charge < -0.3 is 15.1 Å². The molecule has 0 atom stereocenters. The van der Waals surface area contributed by atoms with E-state index in [0.717, 1.165) is 44.0 Å². The summed E-state index contributed by atoms with van der Waals surface area (Å²) in [5.74, 6) is 1.10. The van der Waals surface area contributed by atoms with Crippen molar-refractivity contribution in [2.45, 2.75) is 13.8 Å². The molecule has 1 aliphatic rings. The lowest BCUT2D eigenvalue weighted by Gasteiger charge is -2.26. The van der Waals surface area contributed by atoms with E-state index in [1.807, 2.05) is 19.9 Å². The van der Waals surface area contributed by atoms with Crippen LogP contribution in [-0.2, 0) is 0 Å². The molecule has 0 aromatic carbocycles. The number of nitrogens with one attached hydrogen (secondary N) is 2. The van der Waals surface area contributed by atoms with Crippen molar-refractivity contribution in [2.75, 3.05) is 39.3 Å². The van der Waals surface area contributed by atoms with Crippen LogP contribution in [0.15, 0.2) is 10.5 Å². The molecule has 108 valence electrons. The Morgan fingerprint density at radius 2 is 2.11 bits per heavy atom. The number of halogens is 1. The first kappa shape index (κ1) is 16.0. The zero-order valence-corrected chi connectivity index (χ0v) is 12.3. The average Bonchev–Trinajstić information content (AvgIpc) is 2.70. The fourth-order valence-electron chi connectivity index (χ4n) is 2.21. The molecule has 1 fully saturated rings. The summed E-state index contributed by atoms with van der Waals surface area (Å²) in [7, 11) is 0. The third kappa shape index (κ3) is 4.53. The normalized spacial score (nSPS) is 15.9. The van der Waals surface area contributed by atoms with E-state index in [1.54, 1.807) is 0 Å². The number of carbonyl (C=O) groups is 1. The van der Waals surface area contributed by atoms with Crippen LogP contribution in [0.4, 0.5) is 0 Å². The largest absolute Gasteiger partial charge is 0.456 e. The predicted octanol–water partition coefficient (Wildman–Crippen LogP) is 0.953. The molecule has 6 heteroatoms. The zero-order valence-electron chi connectivity index (χ0n) is 11.5. The first-order chi connectivity index (χ1) is 8.66. The maximum atomic E-state index is 11.9. The van der Waals surface area contributed by atoms with Crippen molar-refractivity contribution >= 4 is 18.3 Å². The Morgan fingerprint density at radius 3 is 2.68 bits per heavy atom. The van der Waals surface area contributed by atoms with Crippen molar-refractivity contribution in [3.05, 3.63) is 23.2 Å². The third-order valence-corrected chi connectivity index (χ3v) is 3.17. The topological polar surface area (TPSA) is 57.5 Å². The van der Waals surface area contributed by atoms with Crippen molar-refractivity contribution < 1.29 is 9.21 Å². The summed E-state index contributed by atoms with van der Waals surface area (Å²) in [5, 5.41) is 6.21. The first-order valence-corrected chi connectivity index (χ1v) is 6.45.